The molecule has 28 heavy (non-hydrogen) atoms. The summed E-state index contributed by atoms with van der Waals surface area (Å²) in [6, 6.07) is 20.2. The average molecular weight is 392 g/mol. The Morgan fingerprint density at radius 1 is 0.857 bits per heavy atom. The number of rotatable bonds is 5. The van der Waals surface area contributed by atoms with E-state index in [1.165, 1.54) is 11.8 Å². The van der Waals surface area contributed by atoms with E-state index < -0.39 is 0 Å². The topological polar surface area (TPSA) is 69.6 Å². The zero-order valence-corrected chi connectivity index (χ0v) is 16.8. The van der Waals surface area contributed by atoms with Crippen molar-refractivity contribution in [2.45, 2.75) is 37.1 Å². The third-order valence-electron chi connectivity index (χ3n) is 4.11. The fourth-order valence-electron chi connectivity index (χ4n) is 2.69. The number of thioether (sulfide) groups is 1. The van der Waals surface area contributed by atoms with Crippen LogP contribution in [0.4, 0.5) is 0 Å². The first-order chi connectivity index (χ1) is 13.5. The van der Waals surface area contributed by atoms with Gasteiger partial charge in [0.05, 0.1) is 5.75 Å². The van der Waals surface area contributed by atoms with E-state index in [0.717, 1.165) is 22.2 Å². The second-order valence-corrected chi connectivity index (χ2v) is 8.33. The molecule has 0 spiro atoms. The molecule has 0 fully saturated rings. The molecule has 2 heterocycles. The minimum absolute atomic E-state index is 0.166. The van der Waals surface area contributed by atoms with Crippen molar-refractivity contribution in [3.8, 4) is 17.1 Å². The first-order valence-electron chi connectivity index (χ1n) is 9.04. The van der Waals surface area contributed by atoms with Gasteiger partial charge >= 0.3 is 0 Å². The van der Waals surface area contributed by atoms with E-state index in [-0.39, 0.29) is 5.41 Å². The molecule has 0 unspecified atom stereocenters. The molecule has 4 rings (SSSR count). The van der Waals surface area contributed by atoms with Crippen LogP contribution in [0.25, 0.3) is 17.1 Å². The molecule has 0 radical (unpaired) electrons. The molecule has 0 saturated heterocycles. The van der Waals surface area contributed by atoms with Gasteiger partial charge in [0, 0.05) is 16.7 Å². The van der Waals surface area contributed by atoms with Crippen molar-refractivity contribution < 1.29 is 4.42 Å². The van der Waals surface area contributed by atoms with Crippen molar-refractivity contribution in [2.75, 3.05) is 0 Å². The lowest BCUT2D eigenvalue weighted by Gasteiger charge is -2.11. The molecule has 7 heteroatoms. The maximum absolute atomic E-state index is 5.81. The Labute approximate surface area is 168 Å². The zero-order chi connectivity index (χ0) is 19.6. The monoisotopic (exact) mass is 391 g/mol. The minimum Gasteiger partial charge on any atom is -0.424 e. The molecule has 0 N–H and O–H groups in total. The Bertz CT molecular complexity index is 1050. The first kappa shape index (κ1) is 18.4. The van der Waals surface area contributed by atoms with Gasteiger partial charge in [0.1, 0.15) is 0 Å². The second kappa shape index (κ2) is 7.59. The largest absolute Gasteiger partial charge is 0.424 e. The van der Waals surface area contributed by atoms with Crippen LogP contribution in [0.5, 0.6) is 0 Å². The minimum atomic E-state index is -0.166. The smallest absolute Gasteiger partial charge is 0.226 e. The van der Waals surface area contributed by atoms with Gasteiger partial charge in [0.15, 0.2) is 11.0 Å². The maximum Gasteiger partial charge on any atom is 0.226 e. The summed E-state index contributed by atoms with van der Waals surface area (Å²) in [5.41, 5.74) is 1.86. The Morgan fingerprint density at radius 2 is 1.54 bits per heavy atom. The maximum atomic E-state index is 5.81. The molecule has 0 aliphatic rings. The van der Waals surface area contributed by atoms with Gasteiger partial charge in [-0.05, 0) is 12.1 Å². The van der Waals surface area contributed by atoms with Gasteiger partial charge < -0.3 is 4.42 Å². The van der Waals surface area contributed by atoms with E-state index in [1.54, 1.807) is 0 Å². The molecular formula is C21H21N5OS. The van der Waals surface area contributed by atoms with Crippen LogP contribution in [0, 0.1) is 0 Å². The first-order valence-corrected chi connectivity index (χ1v) is 10.0. The average Bonchev–Trinajstić information content (AvgIpc) is 3.35. The summed E-state index contributed by atoms with van der Waals surface area (Å²) in [4.78, 5) is 0. The number of nitrogens with zero attached hydrogens (tertiary/aromatic N) is 5. The van der Waals surface area contributed by atoms with Crippen molar-refractivity contribution in [3.63, 3.8) is 0 Å². The van der Waals surface area contributed by atoms with E-state index in [9.17, 15) is 0 Å². The number of benzene rings is 2. The van der Waals surface area contributed by atoms with Crippen LogP contribution in [0.1, 0.15) is 32.6 Å². The van der Waals surface area contributed by atoms with Crippen LogP contribution in [-0.4, -0.2) is 25.0 Å². The van der Waals surface area contributed by atoms with Gasteiger partial charge in [-0.15, -0.1) is 20.4 Å². The fraction of sp³-hybridized carbons (Fsp3) is 0.238. The van der Waals surface area contributed by atoms with Gasteiger partial charge in [0.25, 0.3) is 0 Å². The highest BCUT2D eigenvalue weighted by atomic mass is 32.2. The third-order valence-corrected chi connectivity index (χ3v) is 5.03. The van der Waals surface area contributed by atoms with Crippen LogP contribution in [-0.2, 0) is 11.2 Å². The van der Waals surface area contributed by atoms with E-state index in [0.29, 0.717) is 17.5 Å². The predicted octanol–water partition coefficient (Wildman–Crippen LogP) is 4.91. The van der Waals surface area contributed by atoms with Crippen LogP contribution in [0.2, 0.25) is 0 Å². The molecule has 142 valence electrons. The number of aromatic nitrogens is 5. The molecule has 0 bridgehead atoms. The fourth-order valence-corrected chi connectivity index (χ4v) is 3.48. The highest BCUT2D eigenvalue weighted by Gasteiger charge is 2.22. The highest BCUT2D eigenvalue weighted by molar-refractivity contribution is 7.98. The van der Waals surface area contributed by atoms with E-state index >= 15 is 0 Å². The van der Waals surface area contributed by atoms with Gasteiger partial charge in [-0.3, -0.25) is 4.57 Å². The summed E-state index contributed by atoms with van der Waals surface area (Å²) in [6.07, 6.45) is 0. The lowest BCUT2D eigenvalue weighted by atomic mass is 9.97. The predicted molar refractivity (Wildman–Crippen MR) is 109 cm³/mol. The highest BCUT2D eigenvalue weighted by Crippen LogP contribution is 2.30. The molecule has 0 aliphatic heterocycles. The molecular weight excluding hydrogens is 370 g/mol. The second-order valence-electron chi connectivity index (χ2n) is 7.38. The Kier molecular flexibility index (Phi) is 5.00. The van der Waals surface area contributed by atoms with Gasteiger partial charge in [-0.25, -0.2) is 0 Å². The zero-order valence-electron chi connectivity index (χ0n) is 16.0. The van der Waals surface area contributed by atoms with Crippen LogP contribution in [0.3, 0.4) is 0 Å². The summed E-state index contributed by atoms with van der Waals surface area (Å²) in [7, 11) is 0. The molecule has 2 aromatic heterocycles. The van der Waals surface area contributed by atoms with E-state index in [2.05, 4.69) is 45.7 Å². The molecule has 0 amide bonds. The Hall–Kier alpha value is -2.93. The van der Waals surface area contributed by atoms with Crippen LogP contribution >= 0.6 is 11.8 Å². The molecule has 2 aromatic carbocycles. The molecule has 6 nitrogen and oxygen atoms in total. The summed E-state index contributed by atoms with van der Waals surface area (Å²) >= 11 is 1.53. The van der Waals surface area contributed by atoms with E-state index in [1.807, 2.05) is 60.7 Å². The Morgan fingerprint density at radius 3 is 2.18 bits per heavy atom. The molecule has 0 aliphatic carbocycles. The quantitative estimate of drug-likeness (QED) is 0.450. The standard InChI is InChI=1S/C21H21N5OS/c1-21(2,3)19-24-22-17(27-19)14-28-20-25-23-18(15-10-6-4-7-11-15)26(20)16-12-8-5-9-13-16/h4-13H,14H2,1-3H3. The molecule has 4 aromatic rings. The summed E-state index contributed by atoms with van der Waals surface area (Å²) < 4.78 is 7.86. The van der Waals surface area contributed by atoms with Crippen molar-refractivity contribution in [3.05, 3.63) is 72.4 Å². The van der Waals surface area contributed by atoms with Crippen molar-refractivity contribution in [1.82, 2.24) is 25.0 Å². The number of hydrogen-bond donors (Lipinski definition) is 0. The third kappa shape index (κ3) is 3.84. The van der Waals surface area contributed by atoms with Crippen LogP contribution < -0.4 is 0 Å². The van der Waals surface area contributed by atoms with Crippen molar-refractivity contribution in [2.24, 2.45) is 0 Å². The number of hydrogen-bond acceptors (Lipinski definition) is 6. The Balaban J connectivity index is 1.66. The van der Waals surface area contributed by atoms with Crippen molar-refractivity contribution >= 4 is 11.8 Å². The molecule has 0 atom stereocenters. The van der Waals surface area contributed by atoms with Gasteiger partial charge in [-0.1, -0.05) is 81.1 Å². The van der Waals surface area contributed by atoms with E-state index in [4.69, 9.17) is 4.42 Å². The lowest BCUT2D eigenvalue weighted by molar-refractivity contribution is 0.378. The van der Waals surface area contributed by atoms with Gasteiger partial charge in [0.2, 0.25) is 11.8 Å². The summed E-state index contributed by atoms with van der Waals surface area (Å²) in [5, 5.41) is 18.0. The molecule has 0 saturated carbocycles. The van der Waals surface area contributed by atoms with Crippen molar-refractivity contribution in [1.29, 1.82) is 0 Å². The lowest BCUT2D eigenvalue weighted by Crippen LogP contribution is -2.11. The number of para-hydroxylation sites is 1. The van der Waals surface area contributed by atoms with Crippen LogP contribution in [0.15, 0.2) is 70.2 Å². The SMILES string of the molecule is CC(C)(C)c1nnc(CSc2nnc(-c3ccccc3)n2-c2ccccc2)o1. The summed E-state index contributed by atoms with van der Waals surface area (Å²) in [6.45, 7) is 6.15. The van der Waals surface area contributed by atoms with Gasteiger partial charge in [-0.2, -0.15) is 0 Å². The summed E-state index contributed by atoms with van der Waals surface area (Å²) in [5.74, 6) is 2.55. The normalized spacial score (nSPS) is 11.7.